The van der Waals surface area contributed by atoms with Gasteiger partial charge in [0.1, 0.15) is 5.75 Å². The van der Waals surface area contributed by atoms with Crippen LogP contribution in [0.3, 0.4) is 0 Å². The van der Waals surface area contributed by atoms with Gasteiger partial charge in [0.2, 0.25) is 0 Å². The van der Waals surface area contributed by atoms with E-state index in [0.29, 0.717) is 13.2 Å². The molecule has 0 saturated carbocycles. The van der Waals surface area contributed by atoms with Crippen LogP contribution in [0.25, 0.3) is 0 Å². The minimum Gasteiger partial charge on any atom is -0.497 e. The molecule has 112 valence electrons. The first-order chi connectivity index (χ1) is 9.61. The Morgan fingerprint density at radius 1 is 1.30 bits per heavy atom. The zero-order chi connectivity index (χ0) is 14.5. The van der Waals surface area contributed by atoms with E-state index in [1.807, 2.05) is 26.0 Å². The third-order valence-electron chi connectivity index (χ3n) is 3.68. The Bertz CT molecular complexity index is 434. The fraction of sp³-hybridized carbons (Fsp3) is 0.625. The maximum Gasteiger partial charge on any atom is 0.119 e. The van der Waals surface area contributed by atoms with E-state index in [1.165, 1.54) is 5.56 Å². The standard InChI is InChI=1S/C16H25NO3/c1-11(2)19-8-9-20-15-7-5-12-4-6-13(18-3)10-14(12)16(15)17/h4,6,10-11,15-16H,5,7-9,17H2,1-3H3. The van der Waals surface area contributed by atoms with Crippen LogP contribution in [0.15, 0.2) is 18.2 Å². The number of rotatable bonds is 6. The average molecular weight is 279 g/mol. The summed E-state index contributed by atoms with van der Waals surface area (Å²) >= 11 is 0. The van der Waals surface area contributed by atoms with E-state index in [1.54, 1.807) is 7.11 Å². The van der Waals surface area contributed by atoms with Gasteiger partial charge in [0.05, 0.1) is 38.6 Å². The lowest BCUT2D eigenvalue weighted by atomic mass is 9.86. The first-order valence-corrected chi connectivity index (χ1v) is 7.27. The summed E-state index contributed by atoms with van der Waals surface area (Å²) in [6, 6.07) is 6.03. The summed E-state index contributed by atoms with van der Waals surface area (Å²) in [5.41, 5.74) is 8.78. The molecular formula is C16H25NO3. The van der Waals surface area contributed by atoms with Crippen LogP contribution in [0.1, 0.15) is 37.4 Å². The molecule has 0 heterocycles. The molecule has 0 aromatic heterocycles. The third kappa shape index (κ3) is 3.72. The van der Waals surface area contributed by atoms with Gasteiger partial charge in [0.25, 0.3) is 0 Å². The second-order valence-corrected chi connectivity index (χ2v) is 5.46. The van der Waals surface area contributed by atoms with Crippen LogP contribution in [-0.4, -0.2) is 32.5 Å². The molecule has 2 atom stereocenters. The average Bonchev–Trinajstić information content (AvgIpc) is 2.45. The molecule has 20 heavy (non-hydrogen) atoms. The number of nitrogens with two attached hydrogens (primary N) is 1. The van der Waals surface area contributed by atoms with E-state index in [-0.39, 0.29) is 18.2 Å². The van der Waals surface area contributed by atoms with E-state index in [4.69, 9.17) is 19.9 Å². The Morgan fingerprint density at radius 2 is 2.10 bits per heavy atom. The van der Waals surface area contributed by atoms with E-state index >= 15 is 0 Å². The van der Waals surface area contributed by atoms with Crippen molar-refractivity contribution >= 4 is 0 Å². The summed E-state index contributed by atoms with van der Waals surface area (Å²) in [4.78, 5) is 0. The van der Waals surface area contributed by atoms with Gasteiger partial charge in [0, 0.05) is 0 Å². The molecule has 1 aromatic rings. The lowest BCUT2D eigenvalue weighted by Crippen LogP contribution is -2.34. The molecule has 2 unspecified atom stereocenters. The van der Waals surface area contributed by atoms with Crippen molar-refractivity contribution in [2.45, 2.75) is 44.9 Å². The first kappa shape index (κ1) is 15.3. The molecular weight excluding hydrogens is 254 g/mol. The summed E-state index contributed by atoms with van der Waals surface area (Å²) in [5.74, 6) is 0.850. The van der Waals surface area contributed by atoms with Crippen LogP contribution in [0.4, 0.5) is 0 Å². The monoisotopic (exact) mass is 279 g/mol. The summed E-state index contributed by atoms with van der Waals surface area (Å²) in [7, 11) is 1.67. The molecule has 1 aliphatic rings. The van der Waals surface area contributed by atoms with Crippen molar-refractivity contribution in [3.05, 3.63) is 29.3 Å². The van der Waals surface area contributed by atoms with Gasteiger partial charge in [-0.2, -0.15) is 0 Å². The SMILES string of the molecule is COc1ccc2c(c1)C(N)C(OCCOC(C)C)CC2. The van der Waals surface area contributed by atoms with Crippen LogP contribution in [0, 0.1) is 0 Å². The molecule has 1 aliphatic carbocycles. The van der Waals surface area contributed by atoms with Gasteiger partial charge in [-0.3, -0.25) is 0 Å². The minimum atomic E-state index is -0.0899. The van der Waals surface area contributed by atoms with Gasteiger partial charge in [-0.1, -0.05) is 6.07 Å². The Kier molecular flexibility index (Phi) is 5.40. The second-order valence-electron chi connectivity index (χ2n) is 5.46. The lowest BCUT2D eigenvalue weighted by molar-refractivity contribution is -0.0261. The highest BCUT2D eigenvalue weighted by atomic mass is 16.5. The number of ether oxygens (including phenoxy) is 3. The molecule has 0 spiro atoms. The molecule has 0 saturated heterocycles. The van der Waals surface area contributed by atoms with Gasteiger partial charge in [0.15, 0.2) is 0 Å². The quantitative estimate of drug-likeness (QED) is 0.813. The molecule has 0 aliphatic heterocycles. The minimum absolute atomic E-state index is 0.0605. The highest BCUT2D eigenvalue weighted by Gasteiger charge is 2.27. The van der Waals surface area contributed by atoms with Crippen LogP contribution in [-0.2, 0) is 15.9 Å². The predicted octanol–water partition coefficient (Wildman–Crippen LogP) is 2.45. The molecule has 2 rings (SSSR count). The van der Waals surface area contributed by atoms with Gasteiger partial charge in [-0.05, 0) is 49.9 Å². The molecule has 1 aromatic carbocycles. The van der Waals surface area contributed by atoms with Crippen LogP contribution >= 0.6 is 0 Å². The third-order valence-corrected chi connectivity index (χ3v) is 3.68. The van der Waals surface area contributed by atoms with E-state index < -0.39 is 0 Å². The summed E-state index contributed by atoms with van der Waals surface area (Å²) in [6.45, 7) is 5.26. The number of hydrogen-bond acceptors (Lipinski definition) is 4. The second kappa shape index (κ2) is 7.07. The van der Waals surface area contributed by atoms with Crippen molar-refractivity contribution < 1.29 is 14.2 Å². The van der Waals surface area contributed by atoms with Crippen LogP contribution < -0.4 is 10.5 Å². The molecule has 4 nitrogen and oxygen atoms in total. The Labute approximate surface area is 121 Å². The lowest BCUT2D eigenvalue weighted by Gasteiger charge is -2.31. The fourth-order valence-corrected chi connectivity index (χ4v) is 2.59. The molecule has 4 heteroatoms. The number of methoxy groups -OCH3 is 1. The largest absolute Gasteiger partial charge is 0.497 e. The highest BCUT2D eigenvalue weighted by Crippen LogP contribution is 2.32. The number of benzene rings is 1. The first-order valence-electron chi connectivity index (χ1n) is 7.27. The van der Waals surface area contributed by atoms with Crippen molar-refractivity contribution in [1.29, 1.82) is 0 Å². The van der Waals surface area contributed by atoms with Crippen molar-refractivity contribution in [1.82, 2.24) is 0 Å². The smallest absolute Gasteiger partial charge is 0.119 e. The van der Waals surface area contributed by atoms with Crippen LogP contribution in [0.5, 0.6) is 5.75 Å². The van der Waals surface area contributed by atoms with Gasteiger partial charge in [-0.15, -0.1) is 0 Å². The molecule has 0 amide bonds. The fourth-order valence-electron chi connectivity index (χ4n) is 2.59. The Balaban J connectivity index is 1.94. The molecule has 0 bridgehead atoms. The van der Waals surface area contributed by atoms with Crippen LogP contribution in [0.2, 0.25) is 0 Å². The van der Waals surface area contributed by atoms with E-state index in [9.17, 15) is 0 Å². The topological polar surface area (TPSA) is 53.7 Å². The molecule has 2 N–H and O–H groups in total. The van der Waals surface area contributed by atoms with Crippen molar-refractivity contribution in [3.8, 4) is 5.75 Å². The number of fused-ring (bicyclic) bond motifs is 1. The summed E-state index contributed by atoms with van der Waals surface area (Å²) in [5, 5.41) is 0. The predicted molar refractivity (Wildman–Crippen MR) is 79.1 cm³/mol. The molecule has 0 radical (unpaired) electrons. The zero-order valence-corrected chi connectivity index (χ0v) is 12.6. The van der Waals surface area contributed by atoms with E-state index in [2.05, 4.69) is 6.07 Å². The van der Waals surface area contributed by atoms with Crippen molar-refractivity contribution in [2.24, 2.45) is 5.73 Å². The number of hydrogen-bond donors (Lipinski definition) is 1. The Hall–Kier alpha value is -1.10. The normalized spacial score (nSPS) is 21.9. The van der Waals surface area contributed by atoms with Gasteiger partial charge in [-0.25, -0.2) is 0 Å². The Morgan fingerprint density at radius 3 is 2.80 bits per heavy atom. The maximum atomic E-state index is 6.33. The van der Waals surface area contributed by atoms with Gasteiger partial charge >= 0.3 is 0 Å². The van der Waals surface area contributed by atoms with E-state index in [0.717, 1.165) is 24.2 Å². The summed E-state index contributed by atoms with van der Waals surface area (Å²) in [6.07, 6.45) is 2.26. The summed E-state index contributed by atoms with van der Waals surface area (Å²) < 4.78 is 16.6. The number of aryl methyl sites for hydroxylation is 1. The van der Waals surface area contributed by atoms with Crippen molar-refractivity contribution in [3.63, 3.8) is 0 Å². The van der Waals surface area contributed by atoms with Gasteiger partial charge < -0.3 is 19.9 Å². The van der Waals surface area contributed by atoms with Crippen molar-refractivity contribution in [2.75, 3.05) is 20.3 Å². The molecule has 0 fully saturated rings. The zero-order valence-electron chi connectivity index (χ0n) is 12.6. The maximum absolute atomic E-state index is 6.33. The highest BCUT2D eigenvalue weighted by molar-refractivity contribution is 5.39.